The lowest BCUT2D eigenvalue weighted by atomic mass is 9.82. The number of pyridine rings is 2. The third-order valence-electron chi connectivity index (χ3n) is 9.43. The van der Waals surface area contributed by atoms with Gasteiger partial charge in [-0.2, -0.15) is 0 Å². The molecule has 4 aromatic rings. The highest BCUT2D eigenvalue weighted by molar-refractivity contribution is 5.93. The fourth-order valence-corrected chi connectivity index (χ4v) is 7.18. The van der Waals surface area contributed by atoms with Crippen molar-refractivity contribution in [2.45, 2.75) is 90.1 Å². The van der Waals surface area contributed by atoms with E-state index in [-0.39, 0.29) is 11.8 Å². The van der Waals surface area contributed by atoms with Crippen LogP contribution in [0.25, 0.3) is 22.3 Å². The van der Waals surface area contributed by atoms with Gasteiger partial charge in [-0.25, -0.2) is 4.98 Å². The lowest BCUT2D eigenvalue weighted by Crippen LogP contribution is -2.46. The summed E-state index contributed by atoms with van der Waals surface area (Å²) in [5.41, 5.74) is 8.59. The van der Waals surface area contributed by atoms with E-state index in [2.05, 4.69) is 91.2 Å². The number of carbonyl (C=O) groups excluding carboxylic acids is 1. The summed E-state index contributed by atoms with van der Waals surface area (Å²) in [4.78, 5) is 28.9. The number of fused-ring (bicyclic) bond motifs is 3. The van der Waals surface area contributed by atoms with E-state index in [0.29, 0.717) is 12.1 Å². The Hall–Kier alpha value is -3.51. The first-order valence-corrected chi connectivity index (χ1v) is 15.3. The van der Waals surface area contributed by atoms with Gasteiger partial charge in [0.2, 0.25) is 5.91 Å². The number of nitrogens with one attached hydrogen (secondary N) is 2. The highest BCUT2D eigenvalue weighted by atomic mass is 16.2. The average Bonchev–Trinajstić information content (AvgIpc) is 3.67. The molecule has 6 rings (SSSR count). The minimum absolute atomic E-state index is 0.238. The van der Waals surface area contributed by atoms with Crippen molar-refractivity contribution in [3.8, 4) is 11.3 Å². The minimum Gasteiger partial charge on any atom is -0.339 e. The number of amides is 1. The molecule has 2 saturated heterocycles. The van der Waals surface area contributed by atoms with Gasteiger partial charge in [-0.1, -0.05) is 24.1 Å². The van der Waals surface area contributed by atoms with Gasteiger partial charge >= 0.3 is 0 Å². The van der Waals surface area contributed by atoms with E-state index in [4.69, 9.17) is 4.98 Å². The molecule has 5 heterocycles. The summed E-state index contributed by atoms with van der Waals surface area (Å²) in [5.74, 6) is 0.489. The van der Waals surface area contributed by atoms with Gasteiger partial charge in [0.1, 0.15) is 5.65 Å². The predicted molar refractivity (Wildman–Crippen MR) is 166 cm³/mol. The third-order valence-corrected chi connectivity index (χ3v) is 9.43. The van der Waals surface area contributed by atoms with Crippen LogP contribution in [0.1, 0.15) is 80.2 Å². The molecule has 0 spiro atoms. The number of aromatic amines is 1. The molecule has 41 heavy (non-hydrogen) atoms. The molecule has 1 atom stereocenters. The van der Waals surface area contributed by atoms with Crippen molar-refractivity contribution >= 4 is 16.9 Å². The van der Waals surface area contributed by atoms with Crippen molar-refractivity contribution in [1.29, 1.82) is 0 Å². The second-order valence-electron chi connectivity index (χ2n) is 12.9. The second kappa shape index (κ2) is 11.1. The van der Waals surface area contributed by atoms with Crippen LogP contribution in [-0.4, -0.2) is 50.9 Å². The monoisotopic (exact) mass is 549 g/mol. The Morgan fingerprint density at radius 3 is 2.37 bits per heavy atom. The maximum atomic E-state index is 14.0. The molecule has 0 aliphatic carbocycles. The number of aryl methyl sites for hydroxylation is 2. The lowest BCUT2D eigenvalue weighted by molar-refractivity contribution is -0.137. The van der Waals surface area contributed by atoms with Gasteiger partial charge in [-0.3, -0.25) is 9.78 Å². The van der Waals surface area contributed by atoms with Crippen LogP contribution < -0.4 is 5.32 Å². The highest BCUT2D eigenvalue weighted by Gasteiger charge is 2.47. The number of carbonyl (C=O) groups is 1. The average molecular weight is 550 g/mol. The number of benzene rings is 1. The predicted octanol–water partition coefficient (Wildman–Crippen LogP) is 6.61. The summed E-state index contributed by atoms with van der Waals surface area (Å²) in [6.45, 7) is 12.5. The van der Waals surface area contributed by atoms with Gasteiger partial charge in [0, 0.05) is 42.6 Å². The van der Waals surface area contributed by atoms with Gasteiger partial charge < -0.3 is 15.2 Å². The van der Waals surface area contributed by atoms with Crippen LogP contribution in [0.15, 0.2) is 55.0 Å². The largest absolute Gasteiger partial charge is 0.339 e. The molecule has 2 aliphatic heterocycles. The molecule has 2 aliphatic rings. The Morgan fingerprint density at radius 2 is 1.71 bits per heavy atom. The first-order valence-electron chi connectivity index (χ1n) is 15.3. The minimum atomic E-state index is -0.632. The smallest absolute Gasteiger partial charge is 0.233 e. The van der Waals surface area contributed by atoms with Gasteiger partial charge in [0.05, 0.1) is 11.1 Å². The van der Waals surface area contributed by atoms with Crippen molar-refractivity contribution in [3.05, 3.63) is 82.8 Å². The number of H-pyrrole nitrogens is 1. The molecule has 1 amide bonds. The summed E-state index contributed by atoms with van der Waals surface area (Å²) in [7, 11) is 0. The van der Waals surface area contributed by atoms with E-state index in [1.54, 1.807) is 0 Å². The topological polar surface area (TPSA) is 73.9 Å². The van der Waals surface area contributed by atoms with Crippen LogP contribution in [-0.2, 0) is 16.6 Å². The molecule has 6 nitrogen and oxygen atoms in total. The first-order chi connectivity index (χ1) is 19.7. The Balaban J connectivity index is 1.34. The summed E-state index contributed by atoms with van der Waals surface area (Å²) in [5, 5.41) is 4.81. The number of hydrogen-bond acceptors (Lipinski definition) is 4. The lowest BCUT2D eigenvalue weighted by Gasteiger charge is -2.32. The van der Waals surface area contributed by atoms with Crippen LogP contribution in [0, 0.1) is 13.8 Å². The van der Waals surface area contributed by atoms with Crippen molar-refractivity contribution in [1.82, 2.24) is 25.2 Å². The molecule has 214 valence electrons. The highest BCUT2D eigenvalue weighted by Crippen LogP contribution is 2.42. The van der Waals surface area contributed by atoms with Gasteiger partial charge in [0.15, 0.2) is 0 Å². The normalized spacial score (nSPS) is 19.3. The fraction of sp³-hybridized carbons (Fsp3) is 0.457. The van der Waals surface area contributed by atoms with Crippen LogP contribution in [0.4, 0.5) is 0 Å². The van der Waals surface area contributed by atoms with Crippen molar-refractivity contribution in [2.24, 2.45) is 0 Å². The zero-order chi connectivity index (χ0) is 28.7. The summed E-state index contributed by atoms with van der Waals surface area (Å²) < 4.78 is 0. The molecule has 2 N–H and O–H groups in total. The molecule has 1 aromatic carbocycles. The molecule has 2 fully saturated rings. The van der Waals surface area contributed by atoms with Crippen LogP contribution in [0.5, 0.6) is 0 Å². The van der Waals surface area contributed by atoms with Gasteiger partial charge in [-0.05, 0) is 125 Å². The Bertz CT molecular complexity index is 1520. The number of nitrogens with zero attached hydrogens (tertiary/aromatic N) is 3. The molecule has 0 saturated carbocycles. The molecule has 0 radical (unpaired) electrons. The fourth-order valence-electron chi connectivity index (χ4n) is 7.18. The van der Waals surface area contributed by atoms with Crippen molar-refractivity contribution in [3.63, 3.8) is 0 Å². The van der Waals surface area contributed by atoms with E-state index in [1.165, 1.54) is 27.8 Å². The number of rotatable bonds is 9. The molecular weight excluding hydrogens is 506 g/mol. The Labute approximate surface area is 244 Å². The Kier molecular flexibility index (Phi) is 7.45. The van der Waals surface area contributed by atoms with Gasteiger partial charge in [0.25, 0.3) is 0 Å². The summed E-state index contributed by atoms with van der Waals surface area (Å²) in [6, 6.07) is 13.9. The molecule has 0 unspecified atom stereocenters. The third kappa shape index (κ3) is 5.30. The molecule has 2 bridgehead atoms. The van der Waals surface area contributed by atoms with Crippen molar-refractivity contribution < 1.29 is 4.79 Å². The number of aromatic nitrogens is 3. The van der Waals surface area contributed by atoms with Crippen LogP contribution in [0.2, 0.25) is 0 Å². The van der Waals surface area contributed by atoms with Crippen LogP contribution >= 0.6 is 0 Å². The first kappa shape index (κ1) is 27.6. The number of hydrogen-bond donors (Lipinski definition) is 2. The molecule has 6 heteroatoms. The standard InChI is InChI=1S/C35H43N5O/c1-22-16-23(2)18-26(17-22)32-31(24(3)20-37-15-12-25-10-13-36-14-11-25)30-19-27(21-38-33(30)39-32)35(4,5)34(41)40-28-6-7-29(40)9-8-28/h10-11,13-14,16-19,21,24,28-29,37H,6-9,12,15,20H2,1-5H3,(H,38,39)/t24-,28?,29?/m1/s1. The zero-order valence-corrected chi connectivity index (χ0v) is 25.1. The quantitative estimate of drug-likeness (QED) is 0.231. The maximum absolute atomic E-state index is 14.0. The van der Waals surface area contributed by atoms with Gasteiger partial charge in [-0.15, -0.1) is 0 Å². The molecule has 3 aromatic heterocycles. The maximum Gasteiger partial charge on any atom is 0.233 e. The van der Waals surface area contributed by atoms with Crippen molar-refractivity contribution in [2.75, 3.05) is 13.1 Å². The van der Waals surface area contributed by atoms with E-state index in [0.717, 1.165) is 67.5 Å². The van der Waals surface area contributed by atoms with E-state index in [1.807, 2.05) is 18.6 Å². The Morgan fingerprint density at radius 1 is 1.05 bits per heavy atom. The zero-order valence-electron chi connectivity index (χ0n) is 25.1. The summed E-state index contributed by atoms with van der Waals surface area (Å²) in [6.07, 6.45) is 11.2. The van der Waals surface area contributed by atoms with E-state index >= 15 is 0 Å². The second-order valence-corrected chi connectivity index (χ2v) is 12.9. The SMILES string of the molecule is Cc1cc(C)cc(-c2[nH]c3ncc(C(C)(C)C(=O)N4C5CCC4CC5)cc3c2[C@H](C)CNCCc2ccncc2)c1. The molecular formula is C35H43N5O. The summed E-state index contributed by atoms with van der Waals surface area (Å²) >= 11 is 0. The van der Waals surface area contributed by atoms with E-state index < -0.39 is 5.41 Å². The van der Waals surface area contributed by atoms with Crippen LogP contribution in [0.3, 0.4) is 0 Å². The van der Waals surface area contributed by atoms with E-state index in [9.17, 15) is 4.79 Å².